The van der Waals surface area contributed by atoms with E-state index in [0.717, 1.165) is 50.4 Å². The highest BCUT2D eigenvalue weighted by molar-refractivity contribution is 5.71. The van der Waals surface area contributed by atoms with E-state index in [-0.39, 0.29) is 5.92 Å². The minimum Gasteiger partial charge on any atom is -0.481 e. The van der Waals surface area contributed by atoms with Crippen LogP contribution in [0, 0.1) is 5.92 Å². The first kappa shape index (κ1) is 23.1. The quantitative estimate of drug-likeness (QED) is 0.488. The molecule has 8 nitrogen and oxygen atoms in total. The molecule has 0 radical (unpaired) electrons. The fourth-order valence-corrected chi connectivity index (χ4v) is 4.50. The van der Waals surface area contributed by atoms with E-state index in [1.54, 1.807) is 0 Å². The van der Waals surface area contributed by atoms with Gasteiger partial charge in [-0.05, 0) is 41.2 Å². The molecule has 0 spiro atoms. The smallest absolute Gasteiger partial charge is 0.307 e. The van der Waals surface area contributed by atoms with Crippen molar-refractivity contribution in [3.05, 3.63) is 65.5 Å². The molecule has 3 aromatic rings. The Bertz CT molecular complexity index is 1020. The lowest BCUT2D eigenvalue weighted by Gasteiger charge is -2.26. The van der Waals surface area contributed by atoms with E-state index in [9.17, 15) is 9.90 Å². The summed E-state index contributed by atoms with van der Waals surface area (Å²) in [5.41, 5.74) is 4.67. The third-order valence-corrected chi connectivity index (χ3v) is 6.28. The third-order valence-electron chi connectivity index (χ3n) is 6.28. The molecule has 1 saturated heterocycles. The second-order valence-corrected chi connectivity index (χ2v) is 8.60. The van der Waals surface area contributed by atoms with E-state index in [1.807, 2.05) is 6.92 Å². The molecule has 0 saturated carbocycles. The first-order valence-electron chi connectivity index (χ1n) is 11.6. The van der Waals surface area contributed by atoms with Gasteiger partial charge in [-0.2, -0.15) is 5.21 Å². The maximum Gasteiger partial charge on any atom is 0.307 e. The number of carboxylic acids is 1. The molecular formula is C25H31N5O3. The van der Waals surface area contributed by atoms with Crippen molar-refractivity contribution in [3.8, 4) is 11.1 Å². The highest BCUT2D eigenvalue weighted by Crippen LogP contribution is 2.31. The Kier molecular flexibility index (Phi) is 7.80. The minimum atomic E-state index is -0.819. The number of aromatic nitrogens is 4. The van der Waals surface area contributed by atoms with Crippen LogP contribution in [0.2, 0.25) is 0 Å². The van der Waals surface area contributed by atoms with Crippen LogP contribution in [0.25, 0.3) is 11.1 Å². The minimum absolute atomic E-state index is 0.330. The van der Waals surface area contributed by atoms with E-state index in [0.29, 0.717) is 18.7 Å². The van der Waals surface area contributed by atoms with Crippen molar-refractivity contribution in [1.29, 1.82) is 0 Å². The van der Waals surface area contributed by atoms with Crippen LogP contribution in [0.5, 0.6) is 0 Å². The van der Waals surface area contributed by atoms with Crippen molar-refractivity contribution in [2.24, 2.45) is 5.92 Å². The number of H-pyrrole nitrogens is 1. The van der Waals surface area contributed by atoms with Crippen molar-refractivity contribution < 1.29 is 14.6 Å². The highest BCUT2D eigenvalue weighted by atomic mass is 16.5. The predicted molar refractivity (Wildman–Crippen MR) is 125 cm³/mol. The maximum atomic E-state index is 11.9. The molecule has 1 fully saturated rings. The van der Waals surface area contributed by atoms with Gasteiger partial charge >= 0.3 is 5.97 Å². The SMILES string of the molecule is CCCC(C(=O)O)C(Cc1ccc(-c2cccc(CN3CCOCC3)c2)cc1)c1nn[nH]n1. The molecule has 4 rings (SSSR count). The van der Waals surface area contributed by atoms with Gasteiger partial charge in [-0.15, -0.1) is 10.2 Å². The van der Waals surface area contributed by atoms with E-state index < -0.39 is 11.9 Å². The van der Waals surface area contributed by atoms with Gasteiger partial charge in [0.2, 0.25) is 0 Å². The van der Waals surface area contributed by atoms with Crippen LogP contribution in [-0.4, -0.2) is 62.9 Å². The van der Waals surface area contributed by atoms with Crippen molar-refractivity contribution in [2.75, 3.05) is 26.3 Å². The lowest BCUT2D eigenvalue weighted by Crippen LogP contribution is -2.35. The van der Waals surface area contributed by atoms with Gasteiger partial charge in [-0.1, -0.05) is 61.0 Å². The average molecular weight is 450 g/mol. The molecule has 8 heteroatoms. The first-order valence-corrected chi connectivity index (χ1v) is 11.6. The molecule has 2 heterocycles. The number of aromatic amines is 1. The summed E-state index contributed by atoms with van der Waals surface area (Å²) < 4.78 is 5.45. The zero-order chi connectivity index (χ0) is 23.0. The number of benzene rings is 2. The molecule has 2 aromatic carbocycles. The number of morpholine rings is 1. The topological polar surface area (TPSA) is 104 Å². The lowest BCUT2D eigenvalue weighted by molar-refractivity contribution is -0.142. The summed E-state index contributed by atoms with van der Waals surface area (Å²) in [6.45, 7) is 6.45. The fraction of sp³-hybridized carbons (Fsp3) is 0.440. The van der Waals surface area contributed by atoms with Gasteiger partial charge < -0.3 is 9.84 Å². The number of nitrogens with one attached hydrogen (secondary N) is 1. The summed E-state index contributed by atoms with van der Waals surface area (Å²) in [6.07, 6.45) is 1.90. The Morgan fingerprint density at radius 1 is 1.12 bits per heavy atom. The first-order chi connectivity index (χ1) is 16.1. The summed E-state index contributed by atoms with van der Waals surface area (Å²) in [4.78, 5) is 14.3. The number of ether oxygens (including phenoxy) is 1. The van der Waals surface area contributed by atoms with Crippen LogP contribution >= 0.6 is 0 Å². The molecule has 2 N–H and O–H groups in total. The van der Waals surface area contributed by atoms with E-state index in [4.69, 9.17) is 4.74 Å². The largest absolute Gasteiger partial charge is 0.481 e. The highest BCUT2D eigenvalue weighted by Gasteiger charge is 2.32. The molecule has 33 heavy (non-hydrogen) atoms. The van der Waals surface area contributed by atoms with Crippen molar-refractivity contribution in [1.82, 2.24) is 25.5 Å². The van der Waals surface area contributed by atoms with Gasteiger partial charge in [-0.25, -0.2) is 0 Å². The number of tetrazole rings is 1. The van der Waals surface area contributed by atoms with Crippen molar-refractivity contribution >= 4 is 5.97 Å². The molecule has 2 atom stereocenters. The summed E-state index contributed by atoms with van der Waals surface area (Å²) >= 11 is 0. The summed E-state index contributed by atoms with van der Waals surface area (Å²) in [5.74, 6) is -1.25. The van der Waals surface area contributed by atoms with Crippen LogP contribution in [0.1, 0.15) is 42.6 Å². The summed E-state index contributed by atoms with van der Waals surface area (Å²) in [5, 5.41) is 24.1. The Balaban J connectivity index is 1.49. The van der Waals surface area contributed by atoms with Crippen LogP contribution in [0.15, 0.2) is 48.5 Å². The van der Waals surface area contributed by atoms with E-state index in [1.165, 1.54) is 11.1 Å². The van der Waals surface area contributed by atoms with Crippen LogP contribution in [0.3, 0.4) is 0 Å². The summed E-state index contributed by atoms with van der Waals surface area (Å²) in [7, 11) is 0. The van der Waals surface area contributed by atoms with Gasteiger partial charge in [0.15, 0.2) is 5.82 Å². The fourth-order valence-electron chi connectivity index (χ4n) is 4.50. The second kappa shape index (κ2) is 11.2. The van der Waals surface area contributed by atoms with E-state index in [2.05, 4.69) is 74.1 Å². The molecule has 174 valence electrons. The van der Waals surface area contributed by atoms with Crippen LogP contribution in [-0.2, 0) is 22.5 Å². The Labute approximate surface area is 194 Å². The van der Waals surface area contributed by atoms with Gasteiger partial charge in [0.1, 0.15) is 0 Å². The maximum absolute atomic E-state index is 11.9. The number of carbonyl (C=O) groups is 1. The third kappa shape index (κ3) is 6.03. The van der Waals surface area contributed by atoms with Crippen LogP contribution < -0.4 is 0 Å². The number of hydrogen-bond acceptors (Lipinski definition) is 6. The molecule has 0 aliphatic carbocycles. The number of hydrogen-bond donors (Lipinski definition) is 2. The average Bonchev–Trinajstić information content (AvgIpc) is 3.37. The molecule has 1 aliphatic rings. The number of carboxylic acid groups (broad SMARTS) is 1. The number of aliphatic carboxylic acids is 1. The predicted octanol–water partition coefficient (Wildman–Crippen LogP) is 3.53. The van der Waals surface area contributed by atoms with Crippen LogP contribution in [0.4, 0.5) is 0 Å². The molecule has 0 amide bonds. The number of nitrogens with zero attached hydrogens (tertiary/aromatic N) is 4. The zero-order valence-electron chi connectivity index (χ0n) is 19.0. The monoisotopic (exact) mass is 449 g/mol. The zero-order valence-corrected chi connectivity index (χ0v) is 19.0. The normalized spacial score (nSPS) is 16.4. The molecular weight excluding hydrogens is 418 g/mol. The summed E-state index contributed by atoms with van der Waals surface area (Å²) in [6, 6.07) is 17.0. The van der Waals surface area contributed by atoms with Gasteiger partial charge in [-0.3, -0.25) is 9.69 Å². The molecule has 1 aromatic heterocycles. The standard InChI is InChI=1S/C25H31N5O3/c1-2-4-22(25(31)32)23(24-26-28-29-27-24)16-18-7-9-20(10-8-18)21-6-3-5-19(15-21)17-30-11-13-33-14-12-30/h3,5-10,15,22-23H,2,4,11-14,16-17H2,1H3,(H,31,32)(H,26,27,28,29). The molecule has 2 unspecified atom stereocenters. The van der Waals surface area contributed by atoms with Crippen molar-refractivity contribution in [3.63, 3.8) is 0 Å². The van der Waals surface area contributed by atoms with Gasteiger partial charge in [0, 0.05) is 25.6 Å². The Morgan fingerprint density at radius 2 is 1.91 bits per heavy atom. The van der Waals surface area contributed by atoms with E-state index >= 15 is 0 Å². The van der Waals surface area contributed by atoms with Gasteiger partial charge in [0.05, 0.1) is 19.1 Å². The lowest BCUT2D eigenvalue weighted by atomic mass is 9.83. The van der Waals surface area contributed by atoms with Crippen molar-refractivity contribution in [2.45, 2.75) is 38.6 Å². The van der Waals surface area contributed by atoms with Gasteiger partial charge in [0.25, 0.3) is 0 Å². The molecule has 0 bridgehead atoms. The molecule has 1 aliphatic heterocycles. The number of rotatable bonds is 10. The Hall–Kier alpha value is -3.10. The Morgan fingerprint density at radius 3 is 2.58 bits per heavy atom. The second-order valence-electron chi connectivity index (χ2n) is 8.60.